The van der Waals surface area contributed by atoms with Gasteiger partial charge in [0.2, 0.25) is 5.91 Å². The van der Waals surface area contributed by atoms with Gasteiger partial charge in [-0.2, -0.15) is 0 Å². The zero-order chi connectivity index (χ0) is 18.4. The summed E-state index contributed by atoms with van der Waals surface area (Å²) in [5.41, 5.74) is 0.904. The third-order valence-electron chi connectivity index (χ3n) is 3.74. The fourth-order valence-corrected chi connectivity index (χ4v) is 3.60. The Kier molecular flexibility index (Phi) is 7.02. The molecule has 2 aromatic rings. The van der Waals surface area contributed by atoms with E-state index in [0.29, 0.717) is 23.1 Å². The van der Waals surface area contributed by atoms with Gasteiger partial charge in [0.15, 0.2) is 11.5 Å². The van der Waals surface area contributed by atoms with E-state index in [1.807, 2.05) is 49.4 Å². The van der Waals surface area contributed by atoms with Crippen LogP contribution >= 0.6 is 23.4 Å². The second-order valence-electron chi connectivity index (χ2n) is 5.56. The molecule has 0 N–H and O–H groups in total. The molecule has 2 aromatic carbocycles. The molecule has 0 saturated heterocycles. The van der Waals surface area contributed by atoms with Crippen molar-refractivity contribution in [2.45, 2.75) is 23.6 Å². The first-order valence-electron chi connectivity index (χ1n) is 7.83. The number of para-hydroxylation sites is 1. The maximum Gasteiger partial charge on any atom is 0.235 e. The Hall–Kier alpha value is -1.85. The Bertz CT molecular complexity index is 721. The molecular weight excluding hydrogens is 358 g/mol. The van der Waals surface area contributed by atoms with Crippen molar-refractivity contribution < 1.29 is 14.3 Å². The smallest absolute Gasteiger partial charge is 0.235 e. The number of halogens is 1. The number of carbonyl (C=O) groups excluding carboxylic acids is 1. The molecule has 0 aliphatic heterocycles. The van der Waals surface area contributed by atoms with Crippen LogP contribution in [0.2, 0.25) is 5.02 Å². The van der Waals surface area contributed by atoms with Gasteiger partial charge in [-0.1, -0.05) is 23.7 Å². The lowest BCUT2D eigenvalue weighted by Gasteiger charge is -2.23. The van der Waals surface area contributed by atoms with Crippen LogP contribution in [0.15, 0.2) is 47.4 Å². The summed E-state index contributed by atoms with van der Waals surface area (Å²) in [5, 5.41) is 0.480. The van der Waals surface area contributed by atoms with Gasteiger partial charge in [0.1, 0.15) is 0 Å². The number of hydrogen-bond acceptors (Lipinski definition) is 4. The van der Waals surface area contributed by atoms with Gasteiger partial charge in [-0.3, -0.25) is 4.79 Å². The lowest BCUT2D eigenvalue weighted by Crippen LogP contribution is -2.32. The van der Waals surface area contributed by atoms with Crippen molar-refractivity contribution in [2.24, 2.45) is 0 Å². The number of benzene rings is 2. The van der Waals surface area contributed by atoms with Crippen molar-refractivity contribution in [2.75, 3.05) is 21.3 Å². The van der Waals surface area contributed by atoms with Gasteiger partial charge in [-0.15, -0.1) is 11.8 Å². The zero-order valence-electron chi connectivity index (χ0n) is 14.8. The van der Waals surface area contributed by atoms with Crippen molar-refractivity contribution in [1.82, 2.24) is 4.90 Å². The normalized spacial score (nSPS) is 11.7. The molecular formula is C19H22ClNO3S. The molecule has 0 saturated carbocycles. The van der Waals surface area contributed by atoms with E-state index < -0.39 is 0 Å². The van der Waals surface area contributed by atoms with Crippen molar-refractivity contribution in [3.8, 4) is 11.5 Å². The molecule has 0 aliphatic rings. The van der Waals surface area contributed by atoms with Gasteiger partial charge in [-0.05, 0) is 37.3 Å². The van der Waals surface area contributed by atoms with E-state index in [1.165, 1.54) is 11.8 Å². The molecule has 0 heterocycles. The van der Waals surface area contributed by atoms with Crippen LogP contribution in [0.5, 0.6) is 11.5 Å². The highest BCUT2D eigenvalue weighted by molar-refractivity contribution is 8.00. The van der Waals surface area contributed by atoms with Gasteiger partial charge >= 0.3 is 0 Å². The Balaban J connectivity index is 2.06. The lowest BCUT2D eigenvalue weighted by molar-refractivity contribution is -0.129. The van der Waals surface area contributed by atoms with Crippen LogP contribution in [-0.4, -0.2) is 37.3 Å². The second-order valence-corrected chi connectivity index (χ2v) is 7.41. The highest BCUT2D eigenvalue weighted by Crippen LogP contribution is 2.32. The molecule has 0 aromatic heterocycles. The molecule has 1 amide bonds. The second kappa shape index (κ2) is 9.02. The Morgan fingerprint density at radius 2 is 1.84 bits per heavy atom. The topological polar surface area (TPSA) is 38.8 Å². The van der Waals surface area contributed by atoms with E-state index in [4.69, 9.17) is 21.1 Å². The van der Waals surface area contributed by atoms with Gasteiger partial charge in [-0.25, -0.2) is 0 Å². The molecule has 134 valence electrons. The number of thioether (sulfide) groups is 1. The fourth-order valence-electron chi connectivity index (χ4n) is 2.49. The summed E-state index contributed by atoms with van der Waals surface area (Å²) in [6.45, 7) is 2.35. The Morgan fingerprint density at radius 3 is 2.44 bits per heavy atom. The molecule has 0 aliphatic carbocycles. The van der Waals surface area contributed by atoms with Crippen LogP contribution in [0.25, 0.3) is 0 Å². The summed E-state index contributed by atoms with van der Waals surface area (Å²) >= 11 is 7.41. The molecule has 0 fully saturated rings. The first-order chi connectivity index (χ1) is 12.0. The summed E-state index contributed by atoms with van der Waals surface area (Å²) in [4.78, 5) is 15.4. The van der Waals surface area contributed by atoms with Crippen molar-refractivity contribution in [1.29, 1.82) is 0 Å². The average Bonchev–Trinajstić information content (AvgIpc) is 2.62. The summed E-state index contributed by atoms with van der Waals surface area (Å²) in [5.74, 6) is 1.36. The van der Waals surface area contributed by atoms with Crippen LogP contribution in [0.4, 0.5) is 0 Å². The quantitative estimate of drug-likeness (QED) is 0.664. The standard InChI is InChI=1S/C19H22ClNO3S/c1-13(25-16-10-8-15(20)9-11-16)19(22)21(2)12-14-6-5-7-17(23-3)18(14)24-4/h5-11,13H,12H2,1-4H3. The third-order valence-corrected chi connectivity index (χ3v) is 5.09. The number of carbonyl (C=O) groups is 1. The summed E-state index contributed by atoms with van der Waals surface area (Å²) in [7, 11) is 4.99. The number of hydrogen-bond donors (Lipinski definition) is 0. The lowest BCUT2D eigenvalue weighted by atomic mass is 10.1. The predicted octanol–water partition coefficient (Wildman–Crippen LogP) is 4.50. The monoisotopic (exact) mass is 379 g/mol. The number of methoxy groups -OCH3 is 2. The first-order valence-corrected chi connectivity index (χ1v) is 9.09. The highest BCUT2D eigenvalue weighted by atomic mass is 35.5. The van der Waals surface area contributed by atoms with E-state index in [2.05, 4.69) is 0 Å². The number of ether oxygens (including phenoxy) is 2. The van der Waals surface area contributed by atoms with Crippen LogP contribution in [0.3, 0.4) is 0 Å². The molecule has 0 bridgehead atoms. The highest BCUT2D eigenvalue weighted by Gasteiger charge is 2.20. The number of amides is 1. The van der Waals surface area contributed by atoms with Gasteiger partial charge in [0.25, 0.3) is 0 Å². The maximum atomic E-state index is 12.7. The predicted molar refractivity (Wildman–Crippen MR) is 103 cm³/mol. The van der Waals surface area contributed by atoms with Crippen LogP contribution in [-0.2, 0) is 11.3 Å². The molecule has 0 radical (unpaired) electrons. The molecule has 0 spiro atoms. The minimum atomic E-state index is -0.206. The van der Waals surface area contributed by atoms with Gasteiger partial charge in [0.05, 0.1) is 19.5 Å². The van der Waals surface area contributed by atoms with E-state index in [0.717, 1.165) is 10.5 Å². The Labute approximate surface area is 158 Å². The third kappa shape index (κ3) is 5.06. The van der Waals surface area contributed by atoms with E-state index in [9.17, 15) is 4.79 Å². The van der Waals surface area contributed by atoms with Gasteiger partial charge < -0.3 is 14.4 Å². The molecule has 2 rings (SSSR count). The average molecular weight is 380 g/mol. The van der Waals surface area contributed by atoms with E-state index in [-0.39, 0.29) is 11.2 Å². The van der Waals surface area contributed by atoms with Crippen molar-refractivity contribution in [3.05, 3.63) is 53.1 Å². The van der Waals surface area contributed by atoms with Gasteiger partial charge in [0, 0.05) is 29.1 Å². The summed E-state index contributed by atoms with van der Waals surface area (Å²) < 4.78 is 10.7. The van der Waals surface area contributed by atoms with E-state index >= 15 is 0 Å². The van der Waals surface area contributed by atoms with Crippen molar-refractivity contribution in [3.63, 3.8) is 0 Å². The fraction of sp³-hybridized carbons (Fsp3) is 0.316. The minimum Gasteiger partial charge on any atom is -0.493 e. The summed E-state index contributed by atoms with van der Waals surface area (Å²) in [6.07, 6.45) is 0. The van der Waals surface area contributed by atoms with Crippen LogP contribution in [0, 0.1) is 0 Å². The molecule has 6 heteroatoms. The number of nitrogens with zero attached hydrogens (tertiary/aromatic N) is 1. The zero-order valence-corrected chi connectivity index (χ0v) is 16.4. The molecule has 1 atom stereocenters. The SMILES string of the molecule is COc1cccc(CN(C)C(=O)C(C)Sc2ccc(Cl)cc2)c1OC. The number of rotatable bonds is 7. The van der Waals surface area contributed by atoms with Crippen molar-refractivity contribution >= 4 is 29.3 Å². The van der Waals surface area contributed by atoms with Crippen LogP contribution < -0.4 is 9.47 Å². The summed E-state index contributed by atoms with van der Waals surface area (Å²) in [6, 6.07) is 13.1. The van der Waals surface area contributed by atoms with Crippen LogP contribution in [0.1, 0.15) is 12.5 Å². The molecule has 1 unspecified atom stereocenters. The largest absolute Gasteiger partial charge is 0.493 e. The minimum absolute atomic E-state index is 0.0461. The van der Waals surface area contributed by atoms with E-state index in [1.54, 1.807) is 26.2 Å². The Morgan fingerprint density at radius 1 is 1.16 bits per heavy atom. The maximum absolute atomic E-state index is 12.7. The first kappa shape index (κ1) is 19.5. The molecule has 25 heavy (non-hydrogen) atoms. The molecule has 4 nitrogen and oxygen atoms in total.